The van der Waals surface area contributed by atoms with E-state index in [1.165, 1.54) is 6.20 Å². The Morgan fingerprint density at radius 3 is 2.92 bits per heavy atom. The van der Waals surface area contributed by atoms with Crippen LogP contribution in [0.25, 0.3) is 0 Å². The summed E-state index contributed by atoms with van der Waals surface area (Å²) in [7, 11) is 0. The van der Waals surface area contributed by atoms with E-state index >= 15 is 0 Å². The van der Waals surface area contributed by atoms with Crippen LogP contribution in [0.3, 0.4) is 0 Å². The molecule has 0 aromatic carbocycles. The van der Waals surface area contributed by atoms with Crippen LogP contribution in [0.15, 0.2) is 12.3 Å². The number of rotatable bonds is 3. The van der Waals surface area contributed by atoms with Crippen molar-refractivity contribution >= 4 is 33.3 Å². The average molecular weight is 263 g/mol. The highest BCUT2D eigenvalue weighted by Gasteiger charge is 2.07. The van der Waals surface area contributed by atoms with Crippen molar-refractivity contribution in [2.24, 2.45) is 0 Å². The van der Waals surface area contributed by atoms with E-state index in [0.717, 1.165) is 12.0 Å². The number of hydrogen-bond acceptors (Lipinski definition) is 2. The van der Waals surface area contributed by atoms with Gasteiger partial charge in [-0.05, 0) is 18.1 Å². The summed E-state index contributed by atoms with van der Waals surface area (Å²) >= 11 is 8.95. The molecule has 0 fully saturated rings. The molecule has 0 saturated heterocycles. The van der Waals surface area contributed by atoms with Crippen LogP contribution in [-0.2, 0) is 6.42 Å². The summed E-state index contributed by atoms with van der Waals surface area (Å²) in [6.07, 6.45) is 2.33. The van der Waals surface area contributed by atoms with Gasteiger partial charge < -0.3 is 0 Å². The molecule has 1 aromatic heterocycles. The molecule has 0 bridgehead atoms. The van der Waals surface area contributed by atoms with Crippen LogP contribution in [-0.4, -0.2) is 16.1 Å². The van der Waals surface area contributed by atoms with Crippen molar-refractivity contribution in [2.75, 3.05) is 5.33 Å². The quantitative estimate of drug-likeness (QED) is 0.619. The van der Waals surface area contributed by atoms with Crippen molar-refractivity contribution in [1.82, 2.24) is 4.98 Å². The first kappa shape index (κ1) is 10.7. The average Bonchev–Trinajstić information content (AvgIpc) is 2.17. The van der Waals surface area contributed by atoms with Gasteiger partial charge in [0.05, 0.1) is 10.4 Å². The maximum atomic E-state index is 11.2. The number of hydrogen-bond donors (Lipinski definition) is 0. The lowest BCUT2D eigenvalue weighted by molar-refractivity contribution is 0.101. The molecule has 13 heavy (non-hydrogen) atoms. The van der Waals surface area contributed by atoms with Crippen LogP contribution in [0.5, 0.6) is 0 Å². The summed E-state index contributed by atoms with van der Waals surface area (Å²) < 4.78 is 0. The van der Waals surface area contributed by atoms with Gasteiger partial charge in [-0.3, -0.25) is 9.78 Å². The Kier molecular flexibility index (Phi) is 3.88. The summed E-state index contributed by atoms with van der Waals surface area (Å²) in [6.45, 7) is 1.99. The molecule has 0 unspecified atom stereocenters. The molecule has 2 nitrogen and oxygen atoms in total. The second-order valence-corrected chi connectivity index (χ2v) is 3.54. The molecule has 0 atom stereocenters. The van der Waals surface area contributed by atoms with Gasteiger partial charge in [-0.25, -0.2) is 0 Å². The Hall–Kier alpha value is -0.410. The summed E-state index contributed by atoms with van der Waals surface area (Å²) in [6, 6.07) is 1.74. The first-order chi connectivity index (χ1) is 6.19. The van der Waals surface area contributed by atoms with E-state index in [0.29, 0.717) is 16.0 Å². The van der Waals surface area contributed by atoms with Gasteiger partial charge in [-0.15, -0.1) is 0 Å². The second-order valence-electron chi connectivity index (χ2n) is 2.57. The molecule has 0 saturated carbocycles. The molecule has 0 aliphatic heterocycles. The summed E-state index contributed by atoms with van der Waals surface area (Å²) in [5.41, 5.74) is 1.43. The van der Waals surface area contributed by atoms with E-state index < -0.39 is 0 Å². The van der Waals surface area contributed by atoms with Gasteiger partial charge >= 0.3 is 0 Å². The van der Waals surface area contributed by atoms with Crippen LogP contribution in [0.4, 0.5) is 0 Å². The number of Topliss-reactive ketones (excluding diaryl/α,β-unsaturated/α-hetero) is 1. The highest BCUT2D eigenvalue weighted by atomic mass is 79.9. The van der Waals surface area contributed by atoms with Crippen LogP contribution in [0, 0.1) is 0 Å². The van der Waals surface area contributed by atoms with Crippen molar-refractivity contribution < 1.29 is 4.79 Å². The normalized spacial score (nSPS) is 10.1. The molecular weight excluding hydrogens is 253 g/mol. The van der Waals surface area contributed by atoms with Crippen molar-refractivity contribution in [1.29, 1.82) is 0 Å². The van der Waals surface area contributed by atoms with Crippen molar-refractivity contribution in [2.45, 2.75) is 13.3 Å². The molecular formula is C9H9BrClNO. The number of halogens is 2. The van der Waals surface area contributed by atoms with E-state index in [-0.39, 0.29) is 5.78 Å². The predicted octanol–water partition coefficient (Wildman–Crippen LogP) is 2.88. The van der Waals surface area contributed by atoms with Gasteiger partial charge in [-0.1, -0.05) is 34.5 Å². The molecule has 0 radical (unpaired) electrons. The molecule has 0 amide bonds. The third kappa shape index (κ3) is 2.51. The van der Waals surface area contributed by atoms with Crippen LogP contribution in [0.2, 0.25) is 5.02 Å². The minimum Gasteiger partial charge on any atom is -0.291 e. The largest absolute Gasteiger partial charge is 0.291 e. The van der Waals surface area contributed by atoms with Crippen molar-refractivity contribution in [3.05, 3.63) is 28.5 Å². The third-order valence-electron chi connectivity index (χ3n) is 1.72. The fraction of sp³-hybridized carbons (Fsp3) is 0.333. The van der Waals surface area contributed by atoms with Crippen molar-refractivity contribution in [3.8, 4) is 0 Å². The maximum absolute atomic E-state index is 11.2. The molecule has 0 aliphatic carbocycles. The van der Waals surface area contributed by atoms with Crippen molar-refractivity contribution in [3.63, 3.8) is 0 Å². The standard InChI is InChI=1S/C9H9BrClNO/c1-2-6-3-8(9(13)4-10)12-5-7(6)11/h3,5H,2,4H2,1H3. The first-order valence-corrected chi connectivity index (χ1v) is 5.42. The van der Waals surface area contributed by atoms with E-state index in [2.05, 4.69) is 20.9 Å². The van der Waals surface area contributed by atoms with E-state index in [4.69, 9.17) is 11.6 Å². The summed E-state index contributed by atoms with van der Waals surface area (Å²) in [4.78, 5) is 15.2. The number of aryl methyl sites for hydroxylation is 1. The molecule has 0 N–H and O–H groups in total. The minimum atomic E-state index is -0.0219. The SMILES string of the molecule is CCc1cc(C(=O)CBr)ncc1Cl. The van der Waals surface area contributed by atoms with Gasteiger partial charge in [0, 0.05) is 6.20 Å². The van der Waals surface area contributed by atoms with Gasteiger partial charge in [0.15, 0.2) is 5.78 Å². The molecule has 70 valence electrons. The number of nitrogens with zero attached hydrogens (tertiary/aromatic N) is 1. The zero-order valence-electron chi connectivity index (χ0n) is 7.18. The molecule has 0 spiro atoms. The fourth-order valence-corrected chi connectivity index (χ4v) is 1.50. The van der Waals surface area contributed by atoms with Crippen LogP contribution < -0.4 is 0 Å². The van der Waals surface area contributed by atoms with Gasteiger partial charge in [-0.2, -0.15) is 0 Å². The van der Waals surface area contributed by atoms with Gasteiger partial charge in [0.2, 0.25) is 0 Å². The number of aromatic nitrogens is 1. The zero-order valence-corrected chi connectivity index (χ0v) is 9.52. The lowest BCUT2D eigenvalue weighted by Crippen LogP contribution is -2.04. The zero-order chi connectivity index (χ0) is 9.84. The fourth-order valence-electron chi connectivity index (χ4n) is 0.972. The van der Waals surface area contributed by atoms with E-state index in [1.54, 1.807) is 6.07 Å². The number of alkyl halides is 1. The number of pyridine rings is 1. The van der Waals surface area contributed by atoms with Crippen LogP contribution >= 0.6 is 27.5 Å². The molecule has 1 aromatic rings. The predicted molar refractivity (Wildman–Crippen MR) is 56.7 cm³/mol. The molecule has 1 heterocycles. The first-order valence-electron chi connectivity index (χ1n) is 3.92. The number of carbonyl (C=O) groups is 1. The second kappa shape index (κ2) is 4.72. The van der Waals surface area contributed by atoms with E-state index in [1.807, 2.05) is 6.92 Å². The molecule has 4 heteroatoms. The topological polar surface area (TPSA) is 30.0 Å². The Balaban J connectivity index is 3.06. The highest BCUT2D eigenvalue weighted by Crippen LogP contribution is 2.16. The lowest BCUT2D eigenvalue weighted by Gasteiger charge is -2.02. The Labute approximate surface area is 90.4 Å². The summed E-state index contributed by atoms with van der Waals surface area (Å²) in [5.74, 6) is -0.0219. The van der Waals surface area contributed by atoms with E-state index in [9.17, 15) is 4.79 Å². The summed E-state index contributed by atoms with van der Waals surface area (Å²) in [5, 5.41) is 0.916. The molecule has 0 aliphatic rings. The maximum Gasteiger partial charge on any atom is 0.191 e. The van der Waals surface area contributed by atoms with Crippen LogP contribution in [0.1, 0.15) is 23.0 Å². The number of ketones is 1. The minimum absolute atomic E-state index is 0.0219. The number of carbonyl (C=O) groups excluding carboxylic acids is 1. The van der Waals surface area contributed by atoms with Gasteiger partial charge in [0.25, 0.3) is 0 Å². The van der Waals surface area contributed by atoms with Gasteiger partial charge in [0.1, 0.15) is 5.69 Å². The Morgan fingerprint density at radius 2 is 2.38 bits per heavy atom. The highest BCUT2D eigenvalue weighted by molar-refractivity contribution is 9.09. The lowest BCUT2D eigenvalue weighted by atomic mass is 10.1. The monoisotopic (exact) mass is 261 g/mol. The molecule has 1 rings (SSSR count). The Bertz CT molecular complexity index is 327. The Morgan fingerprint density at radius 1 is 1.69 bits per heavy atom. The smallest absolute Gasteiger partial charge is 0.191 e. The third-order valence-corrected chi connectivity index (χ3v) is 2.57.